The molecule has 0 heterocycles. The quantitative estimate of drug-likeness (QED) is 0.792. The molecule has 2 aromatic rings. The summed E-state index contributed by atoms with van der Waals surface area (Å²) >= 11 is 0. The molecule has 1 N–H and O–H groups in total. The lowest BCUT2D eigenvalue weighted by atomic mass is 9.93. The third-order valence-corrected chi connectivity index (χ3v) is 4.34. The number of nitrogens with zero attached hydrogens (tertiary/aromatic N) is 1. The number of amides is 1. The normalized spacial score (nSPS) is 11.8. The van der Waals surface area contributed by atoms with E-state index in [0.29, 0.717) is 24.1 Å². The number of hydrogen-bond acceptors (Lipinski definition) is 2. The molecule has 0 aliphatic rings. The van der Waals surface area contributed by atoms with E-state index in [1.165, 1.54) is 5.56 Å². The lowest BCUT2D eigenvalue weighted by molar-refractivity contribution is -0.139. The van der Waals surface area contributed by atoms with Crippen molar-refractivity contribution in [2.45, 2.75) is 32.1 Å². The van der Waals surface area contributed by atoms with E-state index in [4.69, 9.17) is 0 Å². The number of likely N-dealkylation sites (N-methyl/N-ethyl adjacent to an activating group) is 1. The Kier molecular flexibility index (Phi) is 6.75. The second-order valence-electron chi connectivity index (χ2n) is 6.27. The third kappa shape index (κ3) is 5.18. The largest absolute Gasteiger partial charge is 0.481 e. The Hall–Kier alpha value is -2.62. The van der Waals surface area contributed by atoms with Crippen molar-refractivity contribution in [3.63, 3.8) is 0 Å². The van der Waals surface area contributed by atoms with Gasteiger partial charge in [-0.3, -0.25) is 9.59 Å². The van der Waals surface area contributed by atoms with Gasteiger partial charge in [0, 0.05) is 19.2 Å². The summed E-state index contributed by atoms with van der Waals surface area (Å²) in [5, 5.41) is 9.41. The van der Waals surface area contributed by atoms with Crippen LogP contribution in [0.3, 0.4) is 0 Å². The number of hydrogen-bond donors (Lipinski definition) is 1. The zero-order valence-corrected chi connectivity index (χ0v) is 14.8. The summed E-state index contributed by atoms with van der Waals surface area (Å²) in [5.41, 5.74) is 2.41. The molecular weight excluding hydrogens is 314 g/mol. The van der Waals surface area contributed by atoms with Crippen molar-refractivity contribution in [2.75, 3.05) is 13.6 Å². The fraction of sp³-hybridized carbons (Fsp3) is 0.333. The maximum Gasteiger partial charge on any atom is 0.310 e. The van der Waals surface area contributed by atoms with E-state index in [-0.39, 0.29) is 5.91 Å². The molecule has 2 aromatic carbocycles. The van der Waals surface area contributed by atoms with Gasteiger partial charge in [0.15, 0.2) is 0 Å². The topological polar surface area (TPSA) is 57.6 Å². The third-order valence-electron chi connectivity index (χ3n) is 4.34. The first kappa shape index (κ1) is 18.7. The standard InChI is InChI=1S/C21H25NO3/c1-3-8-19(21(24)25)17-11-7-12-18(15-17)20(23)22(2)14-13-16-9-5-4-6-10-16/h4-7,9-12,15,19H,3,8,13-14H2,1-2H3,(H,24,25). The summed E-state index contributed by atoms with van der Waals surface area (Å²) in [6.07, 6.45) is 2.14. The minimum absolute atomic E-state index is 0.0848. The molecule has 0 spiro atoms. The Bertz CT molecular complexity index is 712. The van der Waals surface area contributed by atoms with Crippen LogP contribution < -0.4 is 0 Å². The SMILES string of the molecule is CCCC(C(=O)O)c1cccc(C(=O)N(C)CCc2ccccc2)c1. The van der Waals surface area contributed by atoms with Gasteiger partial charge in [-0.25, -0.2) is 0 Å². The molecule has 1 unspecified atom stereocenters. The van der Waals surface area contributed by atoms with E-state index in [9.17, 15) is 14.7 Å². The molecule has 0 radical (unpaired) electrons. The minimum atomic E-state index is -0.844. The molecular formula is C21H25NO3. The average molecular weight is 339 g/mol. The first-order chi connectivity index (χ1) is 12.0. The summed E-state index contributed by atoms with van der Waals surface area (Å²) in [5.74, 6) is -1.49. The molecule has 0 saturated heterocycles. The molecule has 0 aliphatic carbocycles. The maximum atomic E-state index is 12.6. The van der Waals surface area contributed by atoms with Gasteiger partial charge in [-0.1, -0.05) is 55.8 Å². The van der Waals surface area contributed by atoms with Crippen LogP contribution in [0, 0.1) is 0 Å². The molecule has 0 saturated carbocycles. The van der Waals surface area contributed by atoms with Crippen LogP contribution in [-0.2, 0) is 11.2 Å². The van der Waals surface area contributed by atoms with Gasteiger partial charge in [-0.15, -0.1) is 0 Å². The van der Waals surface area contributed by atoms with Crippen molar-refractivity contribution in [1.29, 1.82) is 0 Å². The van der Waals surface area contributed by atoms with Gasteiger partial charge >= 0.3 is 5.97 Å². The summed E-state index contributed by atoms with van der Waals surface area (Å²) in [4.78, 5) is 25.8. The predicted molar refractivity (Wildman–Crippen MR) is 98.8 cm³/mol. The van der Waals surface area contributed by atoms with Gasteiger partial charge < -0.3 is 10.0 Å². The number of rotatable bonds is 8. The zero-order chi connectivity index (χ0) is 18.2. The number of aliphatic carboxylic acids is 1. The molecule has 2 rings (SSSR count). The van der Waals surface area contributed by atoms with Crippen molar-refractivity contribution in [3.05, 3.63) is 71.3 Å². The molecule has 0 fully saturated rings. The summed E-state index contributed by atoms with van der Waals surface area (Å²) in [6.45, 7) is 2.58. The molecule has 4 nitrogen and oxygen atoms in total. The maximum absolute atomic E-state index is 12.6. The number of carbonyl (C=O) groups excluding carboxylic acids is 1. The molecule has 0 aliphatic heterocycles. The van der Waals surface area contributed by atoms with Crippen molar-refractivity contribution in [2.24, 2.45) is 0 Å². The average Bonchev–Trinajstić information content (AvgIpc) is 2.64. The van der Waals surface area contributed by atoms with Crippen LogP contribution in [-0.4, -0.2) is 35.5 Å². The lowest BCUT2D eigenvalue weighted by Crippen LogP contribution is -2.29. The van der Waals surface area contributed by atoms with E-state index < -0.39 is 11.9 Å². The molecule has 1 atom stereocenters. The van der Waals surface area contributed by atoms with Crippen molar-refractivity contribution < 1.29 is 14.7 Å². The van der Waals surface area contributed by atoms with E-state index in [2.05, 4.69) is 0 Å². The van der Waals surface area contributed by atoms with Crippen LogP contribution >= 0.6 is 0 Å². The van der Waals surface area contributed by atoms with Crippen LogP contribution in [0.4, 0.5) is 0 Å². The Morgan fingerprint density at radius 2 is 1.80 bits per heavy atom. The van der Waals surface area contributed by atoms with Crippen LogP contribution in [0.25, 0.3) is 0 Å². The highest BCUT2D eigenvalue weighted by Gasteiger charge is 2.20. The number of carbonyl (C=O) groups is 2. The van der Waals surface area contributed by atoms with Gasteiger partial charge in [0.2, 0.25) is 0 Å². The van der Waals surface area contributed by atoms with Crippen LogP contribution in [0.1, 0.15) is 47.2 Å². The van der Waals surface area contributed by atoms with Crippen LogP contribution in [0.2, 0.25) is 0 Å². The lowest BCUT2D eigenvalue weighted by Gasteiger charge is -2.18. The van der Waals surface area contributed by atoms with Gasteiger partial charge in [-0.2, -0.15) is 0 Å². The van der Waals surface area contributed by atoms with Gasteiger partial charge in [0.25, 0.3) is 5.91 Å². The van der Waals surface area contributed by atoms with Gasteiger partial charge in [0.05, 0.1) is 5.92 Å². The molecule has 25 heavy (non-hydrogen) atoms. The Balaban J connectivity index is 2.08. The van der Waals surface area contributed by atoms with Crippen molar-refractivity contribution in [3.8, 4) is 0 Å². The number of benzene rings is 2. The molecule has 0 bridgehead atoms. The molecule has 0 aromatic heterocycles. The highest BCUT2D eigenvalue weighted by Crippen LogP contribution is 2.23. The summed E-state index contributed by atoms with van der Waals surface area (Å²) in [6, 6.07) is 17.0. The van der Waals surface area contributed by atoms with Crippen molar-refractivity contribution >= 4 is 11.9 Å². The van der Waals surface area contributed by atoms with Gasteiger partial charge in [-0.05, 0) is 36.1 Å². The fourth-order valence-corrected chi connectivity index (χ4v) is 2.87. The zero-order valence-electron chi connectivity index (χ0n) is 14.8. The van der Waals surface area contributed by atoms with Gasteiger partial charge in [0.1, 0.15) is 0 Å². The Morgan fingerprint density at radius 3 is 2.44 bits per heavy atom. The first-order valence-corrected chi connectivity index (χ1v) is 8.65. The summed E-state index contributed by atoms with van der Waals surface area (Å²) < 4.78 is 0. The smallest absolute Gasteiger partial charge is 0.310 e. The van der Waals surface area contributed by atoms with E-state index >= 15 is 0 Å². The first-order valence-electron chi connectivity index (χ1n) is 8.65. The van der Waals surface area contributed by atoms with Crippen LogP contribution in [0.5, 0.6) is 0 Å². The number of carboxylic acids is 1. The van der Waals surface area contributed by atoms with E-state index in [1.54, 1.807) is 36.2 Å². The van der Waals surface area contributed by atoms with Crippen molar-refractivity contribution in [1.82, 2.24) is 4.90 Å². The van der Waals surface area contributed by atoms with E-state index in [0.717, 1.165) is 12.8 Å². The minimum Gasteiger partial charge on any atom is -0.481 e. The Morgan fingerprint density at radius 1 is 1.08 bits per heavy atom. The second kappa shape index (κ2) is 9.02. The molecule has 1 amide bonds. The highest BCUT2D eigenvalue weighted by molar-refractivity contribution is 5.94. The molecule has 4 heteroatoms. The highest BCUT2D eigenvalue weighted by atomic mass is 16.4. The predicted octanol–water partition coefficient (Wildman–Crippen LogP) is 3.97. The van der Waals surface area contributed by atoms with E-state index in [1.807, 2.05) is 37.3 Å². The van der Waals surface area contributed by atoms with Crippen LogP contribution in [0.15, 0.2) is 54.6 Å². The number of carboxylic acid groups (broad SMARTS) is 1. The fourth-order valence-electron chi connectivity index (χ4n) is 2.87. The monoisotopic (exact) mass is 339 g/mol. The molecule has 132 valence electrons. The summed E-state index contributed by atoms with van der Waals surface area (Å²) in [7, 11) is 1.78. The second-order valence-corrected chi connectivity index (χ2v) is 6.27. The Labute approximate surface area is 149 Å².